The fourth-order valence-electron chi connectivity index (χ4n) is 3.32. The summed E-state index contributed by atoms with van der Waals surface area (Å²) in [7, 11) is 0. The van der Waals surface area contributed by atoms with E-state index in [1.807, 2.05) is 12.5 Å². The number of imidazole rings is 1. The highest BCUT2D eigenvalue weighted by atomic mass is 16.5. The Labute approximate surface area is 136 Å². The average molecular weight is 307 g/mol. The maximum Gasteiger partial charge on any atom is 0.0994 e. The third-order valence-electron chi connectivity index (χ3n) is 4.51. The number of hydrogen-bond donors (Lipinski definition) is 1. The van der Waals surface area contributed by atoms with Crippen LogP contribution in [0.5, 0.6) is 0 Å². The summed E-state index contributed by atoms with van der Waals surface area (Å²) >= 11 is 0. The Morgan fingerprint density at radius 3 is 3.13 bits per heavy atom. The second kappa shape index (κ2) is 6.52. The van der Waals surface area contributed by atoms with Crippen molar-refractivity contribution in [2.45, 2.75) is 25.5 Å². The molecule has 0 bridgehead atoms. The molecule has 0 radical (unpaired) electrons. The summed E-state index contributed by atoms with van der Waals surface area (Å²) in [6, 6.07) is 14.9. The molecular formula is C19H21N3O. The normalized spacial score (nSPS) is 17.3. The summed E-state index contributed by atoms with van der Waals surface area (Å²) in [5.74, 6) is 0. The molecule has 4 heteroatoms. The van der Waals surface area contributed by atoms with Crippen molar-refractivity contribution < 1.29 is 4.74 Å². The number of ether oxygens (including phenoxy) is 1. The Bertz CT molecular complexity index is 796. The smallest absolute Gasteiger partial charge is 0.0994 e. The van der Waals surface area contributed by atoms with Crippen LogP contribution in [0.25, 0.3) is 5.52 Å². The zero-order valence-electron chi connectivity index (χ0n) is 13.1. The van der Waals surface area contributed by atoms with E-state index in [9.17, 15) is 0 Å². The summed E-state index contributed by atoms with van der Waals surface area (Å²) in [4.78, 5) is 4.20. The van der Waals surface area contributed by atoms with Gasteiger partial charge in [0.2, 0.25) is 0 Å². The SMILES string of the molecule is c1ccc2c(c1)CCOC2CCNCc1cccc2cncn12. The van der Waals surface area contributed by atoms with Gasteiger partial charge in [-0.05, 0) is 42.6 Å². The van der Waals surface area contributed by atoms with Gasteiger partial charge in [-0.15, -0.1) is 0 Å². The molecule has 0 saturated carbocycles. The lowest BCUT2D eigenvalue weighted by atomic mass is 9.96. The molecule has 1 N–H and O–H groups in total. The van der Waals surface area contributed by atoms with Crippen molar-refractivity contribution in [2.24, 2.45) is 0 Å². The van der Waals surface area contributed by atoms with E-state index in [-0.39, 0.29) is 6.10 Å². The van der Waals surface area contributed by atoms with Crippen LogP contribution in [-0.4, -0.2) is 22.5 Å². The fraction of sp³-hybridized carbons (Fsp3) is 0.316. The van der Waals surface area contributed by atoms with Crippen LogP contribution in [0.1, 0.15) is 29.3 Å². The van der Waals surface area contributed by atoms with Gasteiger partial charge in [-0.3, -0.25) is 0 Å². The molecule has 4 rings (SSSR count). The Morgan fingerprint density at radius 2 is 2.13 bits per heavy atom. The van der Waals surface area contributed by atoms with E-state index in [0.717, 1.165) is 38.1 Å². The fourth-order valence-corrected chi connectivity index (χ4v) is 3.32. The molecule has 0 aliphatic carbocycles. The van der Waals surface area contributed by atoms with Crippen LogP contribution in [0.2, 0.25) is 0 Å². The molecule has 118 valence electrons. The molecule has 3 aromatic rings. The third-order valence-corrected chi connectivity index (χ3v) is 4.51. The number of fused-ring (bicyclic) bond motifs is 2. The molecule has 0 saturated heterocycles. The van der Waals surface area contributed by atoms with Gasteiger partial charge in [0.1, 0.15) is 0 Å². The van der Waals surface area contributed by atoms with E-state index < -0.39 is 0 Å². The van der Waals surface area contributed by atoms with Gasteiger partial charge in [-0.1, -0.05) is 30.3 Å². The molecule has 2 aromatic heterocycles. The van der Waals surface area contributed by atoms with Crippen LogP contribution in [0.3, 0.4) is 0 Å². The number of nitrogens with zero attached hydrogens (tertiary/aromatic N) is 2. The van der Waals surface area contributed by atoms with Crippen molar-refractivity contribution in [1.82, 2.24) is 14.7 Å². The molecule has 0 spiro atoms. The summed E-state index contributed by atoms with van der Waals surface area (Å²) in [6.45, 7) is 2.60. The van der Waals surface area contributed by atoms with E-state index in [1.54, 1.807) is 0 Å². The molecule has 1 atom stereocenters. The molecule has 23 heavy (non-hydrogen) atoms. The maximum absolute atomic E-state index is 5.96. The molecule has 0 amide bonds. The monoisotopic (exact) mass is 307 g/mol. The zero-order chi connectivity index (χ0) is 15.5. The number of pyridine rings is 1. The molecular weight excluding hydrogens is 286 g/mol. The van der Waals surface area contributed by atoms with E-state index in [1.165, 1.54) is 16.8 Å². The lowest BCUT2D eigenvalue weighted by Crippen LogP contribution is -2.22. The van der Waals surface area contributed by atoms with Gasteiger partial charge in [-0.2, -0.15) is 0 Å². The molecule has 3 heterocycles. The first kappa shape index (κ1) is 14.4. The Balaban J connectivity index is 1.35. The standard InChI is InChI=1S/C19H21N3O/c1-2-7-18-15(4-1)9-11-23-19(18)8-10-20-12-16-5-3-6-17-13-21-14-22(16)17/h1-7,13-14,19-20H,8-12H2. The number of hydrogen-bond acceptors (Lipinski definition) is 3. The van der Waals surface area contributed by atoms with Crippen molar-refractivity contribution in [1.29, 1.82) is 0 Å². The van der Waals surface area contributed by atoms with E-state index in [2.05, 4.69) is 57.2 Å². The second-order valence-corrected chi connectivity index (χ2v) is 5.98. The van der Waals surface area contributed by atoms with Gasteiger partial charge in [0.15, 0.2) is 0 Å². The minimum atomic E-state index is 0.219. The molecule has 4 nitrogen and oxygen atoms in total. The Kier molecular flexibility index (Phi) is 4.09. The quantitative estimate of drug-likeness (QED) is 0.736. The topological polar surface area (TPSA) is 38.6 Å². The summed E-state index contributed by atoms with van der Waals surface area (Å²) < 4.78 is 8.08. The van der Waals surface area contributed by atoms with Crippen LogP contribution in [-0.2, 0) is 17.7 Å². The number of benzene rings is 1. The van der Waals surface area contributed by atoms with Gasteiger partial charge < -0.3 is 14.5 Å². The van der Waals surface area contributed by atoms with Crippen LogP contribution < -0.4 is 5.32 Å². The van der Waals surface area contributed by atoms with Crippen LogP contribution >= 0.6 is 0 Å². The molecule has 1 unspecified atom stereocenters. The van der Waals surface area contributed by atoms with Crippen LogP contribution in [0, 0.1) is 0 Å². The van der Waals surface area contributed by atoms with E-state index >= 15 is 0 Å². The Morgan fingerprint density at radius 1 is 1.17 bits per heavy atom. The highest BCUT2D eigenvalue weighted by molar-refractivity contribution is 5.45. The van der Waals surface area contributed by atoms with Gasteiger partial charge in [0.25, 0.3) is 0 Å². The van der Waals surface area contributed by atoms with Crippen LogP contribution in [0.4, 0.5) is 0 Å². The van der Waals surface area contributed by atoms with Crippen molar-refractivity contribution in [2.75, 3.05) is 13.2 Å². The second-order valence-electron chi connectivity index (χ2n) is 5.98. The highest BCUT2D eigenvalue weighted by Crippen LogP contribution is 2.28. The summed E-state index contributed by atoms with van der Waals surface area (Å²) in [5.41, 5.74) is 5.16. The number of nitrogens with one attached hydrogen (secondary N) is 1. The third kappa shape index (κ3) is 3.00. The van der Waals surface area contributed by atoms with Crippen molar-refractivity contribution in [3.63, 3.8) is 0 Å². The summed E-state index contributed by atoms with van der Waals surface area (Å²) in [5, 5.41) is 3.53. The Hall–Kier alpha value is -2.17. The van der Waals surface area contributed by atoms with Crippen LogP contribution in [0.15, 0.2) is 55.0 Å². The molecule has 1 aliphatic heterocycles. The maximum atomic E-state index is 5.96. The molecule has 1 aromatic carbocycles. The largest absolute Gasteiger partial charge is 0.373 e. The minimum Gasteiger partial charge on any atom is -0.373 e. The van der Waals surface area contributed by atoms with Gasteiger partial charge in [0, 0.05) is 12.2 Å². The number of rotatable bonds is 5. The average Bonchev–Trinajstić information content (AvgIpc) is 3.08. The minimum absolute atomic E-state index is 0.219. The molecule has 0 fully saturated rings. The lowest BCUT2D eigenvalue weighted by molar-refractivity contribution is 0.0367. The summed E-state index contributed by atoms with van der Waals surface area (Å²) in [6.07, 6.45) is 6.00. The predicted molar refractivity (Wildman–Crippen MR) is 90.4 cm³/mol. The zero-order valence-corrected chi connectivity index (χ0v) is 13.1. The van der Waals surface area contributed by atoms with Gasteiger partial charge in [0.05, 0.1) is 30.8 Å². The highest BCUT2D eigenvalue weighted by Gasteiger charge is 2.19. The number of aromatic nitrogens is 2. The first-order valence-electron chi connectivity index (χ1n) is 8.22. The van der Waals surface area contributed by atoms with Crippen molar-refractivity contribution >= 4 is 5.52 Å². The molecule has 1 aliphatic rings. The van der Waals surface area contributed by atoms with E-state index in [0.29, 0.717) is 0 Å². The van der Waals surface area contributed by atoms with E-state index in [4.69, 9.17) is 4.74 Å². The predicted octanol–water partition coefficient (Wildman–Crippen LogP) is 3.13. The first-order chi connectivity index (χ1) is 11.4. The van der Waals surface area contributed by atoms with Crippen molar-refractivity contribution in [3.8, 4) is 0 Å². The van der Waals surface area contributed by atoms with Gasteiger partial charge >= 0.3 is 0 Å². The lowest BCUT2D eigenvalue weighted by Gasteiger charge is -2.26. The van der Waals surface area contributed by atoms with Crippen molar-refractivity contribution in [3.05, 3.63) is 71.8 Å². The first-order valence-corrected chi connectivity index (χ1v) is 8.22. The van der Waals surface area contributed by atoms with Gasteiger partial charge in [-0.25, -0.2) is 4.98 Å².